The number of carbonyl (C=O) groups is 2. The molecule has 0 saturated heterocycles. The zero-order chi connectivity index (χ0) is 19.2. The first kappa shape index (κ1) is 19.1. The zero-order valence-electron chi connectivity index (χ0n) is 15.0. The lowest BCUT2D eigenvalue weighted by atomic mass is 10.1. The van der Waals surface area contributed by atoms with Gasteiger partial charge in [0.1, 0.15) is 0 Å². The minimum Gasteiger partial charge on any atom is -0.444 e. The predicted octanol–water partition coefficient (Wildman–Crippen LogP) is 4.72. The summed E-state index contributed by atoms with van der Waals surface area (Å²) >= 11 is 3.00. The van der Waals surface area contributed by atoms with Crippen LogP contribution in [0.25, 0.3) is 11.6 Å². The van der Waals surface area contributed by atoms with Crippen LogP contribution in [0.4, 0.5) is 0 Å². The van der Waals surface area contributed by atoms with Crippen LogP contribution < -0.4 is 0 Å². The van der Waals surface area contributed by atoms with Gasteiger partial charge in [-0.05, 0) is 29.0 Å². The Labute approximate surface area is 166 Å². The molecular formula is C21H19NO3S2. The molecule has 0 unspecified atom stereocenters. The van der Waals surface area contributed by atoms with Crippen molar-refractivity contribution in [2.45, 2.75) is 6.10 Å². The second-order valence-corrected chi connectivity index (χ2v) is 7.91. The van der Waals surface area contributed by atoms with Crippen LogP contribution >= 0.6 is 22.7 Å². The number of amides is 1. The molecule has 2 heterocycles. The van der Waals surface area contributed by atoms with Gasteiger partial charge in [-0.3, -0.25) is 4.79 Å². The van der Waals surface area contributed by atoms with E-state index in [1.165, 1.54) is 27.6 Å². The van der Waals surface area contributed by atoms with Gasteiger partial charge in [-0.1, -0.05) is 42.5 Å². The third kappa shape index (κ3) is 4.72. The summed E-state index contributed by atoms with van der Waals surface area (Å²) < 4.78 is 5.71. The number of rotatable bonds is 6. The van der Waals surface area contributed by atoms with E-state index in [0.29, 0.717) is 11.1 Å². The summed E-state index contributed by atoms with van der Waals surface area (Å²) in [5.41, 5.74) is 1.09. The zero-order valence-corrected chi connectivity index (χ0v) is 16.6. The van der Waals surface area contributed by atoms with Gasteiger partial charge in [-0.15, -0.1) is 22.7 Å². The van der Waals surface area contributed by atoms with Gasteiger partial charge >= 0.3 is 5.97 Å². The van der Waals surface area contributed by atoms with Crippen molar-refractivity contribution < 1.29 is 14.3 Å². The van der Waals surface area contributed by atoms with Crippen molar-refractivity contribution in [1.29, 1.82) is 0 Å². The van der Waals surface area contributed by atoms with Crippen molar-refractivity contribution in [2.24, 2.45) is 0 Å². The second kappa shape index (κ2) is 8.79. The molecule has 0 saturated carbocycles. The minimum atomic E-state index is -0.986. The summed E-state index contributed by atoms with van der Waals surface area (Å²) in [5.74, 6) is -0.800. The van der Waals surface area contributed by atoms with Crippen LogP contribution in [0.3, 0.4) is 0 Å². The third-order valence-corrected chi connectivity index (χ3v) is 5.55. The molecule has 4 nitrogen and oxygen atoms in total. The molecule has 138 valence electrons. The third-order valence-electron chi connectivity index (χ3n) is 3.83. The molecule has 0 radical (unpaired) electrons. The quantitative estimate of drug-likeness (QED) is 0.446. The highest BCUT2D eigenvalue weighted by Gasteiger charge is 2.28. The van der Waals surface area contributed by atoms with Gasteiger partial charge < -0.3 is 9.64 Å². The summed E-state index contributed by atoms with van der Waals surface area (Å²) in [6, 6.07) is 16.7. The topological polar surface area (TPSA) is 46.6 Å². The molecule has 0 aliphatic rings. The SMILES string of the molecule is CN(C)C(=O)[C@H](OC(=O)/C(=C/c1cccs1)c1cccs1)c1ccccc1. The van der Waals surface area contributed by atoms with Crippen LogP contribution in [-0.2, 0) is 14.3 Å². The standard InChI is InChI=1S/C21H19NO3S2/c1-22(2)20(23)19(15-8-4-3-5-9-15)25-21(24)17(18-11-7-13-27-18)14-16-10-6-12-26-16/h3-14,19H,1-2H3/b17-14+/t19-/m1/s1. The number of nitrogens with zero attached hydrogens (tertiary/aromatic N) is 1. The number of hydrogen-bond acceptors (Lipinski definition) is 5. The smallest absolute Gasteiger partial charge is 0.340 e. The second-order valence-electron chi connectivity index (χ2n) is 5.98. The number of carbonyl (C=O) groups excluding carboxylic acids is 2. The molecule has 27 heavy (non-hydrogen) atoms. The lowest BCUT2D eigenvalue weighted by molar-refractivity contribution is -0.155. The molecule has 0 aliphatic heterocycles. The molecule has 0 aliphatic carbocycles. The van der Waals surface area contributed by atoms with Crippen LogP contribution in [0.5, 0.6) is 0 Å². The Balaban J connectivity index is 1.94. The van der Waals surface area contributed by atoms with E-state index in [1.54, 1.807) is 32.3 Å². The number of ether oxygens (including phenoxy) is 1. The Morgan fingerprint density at radius 2 is 1.67 bits per heavy atom. The van der Waals surface area contributed by atoms with Crippen molar-refractivity contribution in [3.63, 3.8) is 0 Å². The maximum Gasteiger partial charge on any atom is 0.340 e. The molecule has 1 amide bonds. The Morgan fingerprint density at radius 1 is 0.963 bits per heavy atom. The Morgan fingerprint density at radius 3 is 2.26 bits per heavy atom. The Kier molecular flexibility index (Phi) is 6.21. The first-order valence-electron chi connectivity index (χ1n) is 8.32. The fourth-order valence-corrected chi connectivity index (χ4v) is 3.86. The average molecular weight is 398 g/mol. The molecule has 1 atom stereocenters. The van der Waals surface area contributed by atoms with Gasteiger partial charge in [-0.25, -0.2) is 4.79 Å². The highest BCUT2D eigenvalue weighted by molar-refractivity contribution is 7.12. The molecular weight excluding hydrogens is 378 g/mol. The van der Waals surface area contributed by atoms with Crippen molar-refractivity contribution in [3.8, 4) is 0 Å². The number of likely N-dealkylation sites (N-methyl/N-ethyl adjacent to an activating group) is 1. The Hall–Kier alpha value is -2.70. The fourth-order valence-electron chi connectivity index (χ4n) is 2.47. The number of esters is 1. The van der Waals surface area contributed by atoms with Crippen LogP contribution in [-0.4, -0.2) is 30.9 Å². The highest BCUT2D eigenvalue weighted by atomic mass is 32.1. The van der Waals surface area contributed by atoms with Gasteiger partial charge in [-0.2, -0.15) is 0 Å². The predicted molar refractivity (Wildman–Crippen MR) is 110 cm³/mol. The first-order valence-corrected chi connectivity index (χ1v) is 10.1. The molecule has 0 bridgehead atoms. The van der Waals surface area contributed by atoms with Crippen LogP contribution in [0.1, 0.15) is 21.4 Å². The summed E-state index contributed by atoms with van der Waals surface area (Å²) in [5, 5.41) is 3.86. The van der Waals surface area contributed by atoms with Gasteiger partial charge in [0.15, 0.2) is 0 Å². The van der Waals surface area contributed by atoms with Crippen LogP contribution in [0.2, 0.25) is 0 Å². The lowest BCUT2D eigenvalue weighted by Crippen LogP contribution is -2.31. The monoisotopic (exact) mass is 397 g/mol. The number of hydrogen-bond donors (Lipinski definition) is 0. The van der Waals surface area contributed by atoms with Gasteiger partial charge in [0, 0.05) is 29.4 Å². The molecule has 1 aromatic carbocycles. The molecule has 6 heteroatoms. The maximum absolute atomic E-state index is 13.0. The molecule has 0 spiro atoms. The van der Waals surface area contributed by atoms with Gasteiger partial charge in [0.25, 0.3) is 5.91 Å². The number of thiophene rings is 2. The minimum absolute atomic E-state index is 0.281. The average Bonchev–Trinajstić information content (AvgIpc) is 3.37. The van der Waals surface area contributed by atoms with E-state index in [4.69, 9.17) is 4.74 Å². The van der Waals surface area contributed by atoms with E-state index in [9.17, 15) is 9.59 Å². The summed E-state index contributed by atoms with van der Waals surface area (Å²) in [7, 11) is 3.29. The molecule has 2 aromatic heterocycles. The first-order chi connectivity index (χ1) is 13.1. The van der Waals surface area contributed by atoms with Crippen LogP contribution in [0.15, 0.2) is 65.4 Å². The van der Waals surface area contributed by atoms with Gasteiger partial charge in [0.05, 0.1) is 5.57 Å². The van der Waals surface area contributed by atoms with E-state index in [0.717, 1.165) is 9.75 Å². The van der Waals surface area contributed by atoms with Crippen LogP contribution in [0, 0.1) is 0 Å². The molecule has 3 aromatic rings. The number of benzene rings is 1. The van der Waals surface area contributed by atoms with Crippen molar-refractivity contribution >= 4 is 46.2 Å². The summed E-state index contributed by atoms with van der Waals surface area (Å²) in [6.45, 7) is 0. The van der Waals surface area contributed by atoms with Crippen molar-refractivity contribution in [2.75, 3.05) is 14.1 Å². The maximum atomic E-state index is 13.0. The molecule has 0 fully saturated rings. The van der Waals surface area contributed by atoms with Crippen molar-refractivity contribution in [3.05, 3.63) is 80.7 Å². The molecule has 0 N–H and O–H groups in total. The van der Waals surface area contributed by atoms with E-state index in [1.807, 2.05) is 53.2 Å². The normalized spacial score (nSPS) is 12.4. The van der Waals surface area contributed by atoms with Crippen molar-refractivity contribution in [1.82, 2.24) is 4.90 Å². The fraction of sp³-hybridized carbons (Fsp3) is 0.143. The van der Waals surface area contributed by atoms with E-state index in [2.05, 4.69) is 0 Å². The van der Waals surface area contributed by atoms with E-state index in [-0.39, 0.29) is 5.91 Å². The Bertz CT molecular complexity index is 914. The van der Waals surface area contributed by atoms with Gasteiger partial charge in [0.2, 0.25) is 6.10 Å². The molecule has 3 rings (SSSR count). The largest absolute Gasteiger partial charge is 0.444 e. The summed E-state index contributed by atoms with van der Waals surface area (Å²) in [6.07, 6.45) is 0.821. The lowest BCUT2D eigenvalue weighted by Gasteiger charge is -2.21. The summed E-state index contributed by atoms with van der Waals surface area (Å²) in [4.78, 5) is 28.8. The highest BCUT2D eigenvalue weighted by Crippen LogP contribution is 2.29. The van der Waals surface area contributed by atoms with E-state index < -0.39 is 12.1 Å². The van der Waals surface area contributed by atoms with E-state index >= 15 is 0 Å².